The van der Waals surface area contributed by atoms with E-state index in [0.717, 1.165) is 51.4 Å². The summed E-state index contributed by atoms with van der Waals surface area (Å²) in [5.41, 5.74) is 0. The van der Waals surface area contributed by atoms with Crippen molar-refractivity contribution in [3.8, 4) is 0 Å². The molecule has 0 aromatic carbocycles. The molecule has 3 heteroatoms. The number of rotatable bonds is 4. The lowest BCUT2D eigenvalue weighted by Crippen LogP contribution is -2.35. The fourth-order valence-corrected chi connectivity index (χ4v) is 3.45. The van der Waals surface area contributed by atoms with Crippen LogP contribution in [0.15, 0.2) is 5.18 Å². The minimum atomic E-state index is -0.529. The first kappa shape index (κ1) is 12.7. The number of carbonyl (C=O) groups is 1. The van der Waals surface area contributed by atoms with Crippen molar-refractivity contribution in [3.63, 3.8) is 0 Å². The van der Waals surface area contributed by atoms with Crippen molar-refractivity contribution in [2.45, 2.75) is 70.3 Å². The first-order valence-corrected chi connectivity index (χ1v) is 7.19. The summed E-state index contributed by atoms with van der Waals surface area (Å²) >= 11 is 0. The van der Waals surface area contributed by atoms with E-state index < -0.39 is 6.04 Å². The predicted octanol–water partition coefficient (Wildman–Crippen LogP) is 3.85. The SMILES string of the molecule is O=NC(C(=O)C1CCCCC1)C1CCCCC1. The van der Waals surface area contributed by atoms with Crippen LogP contribution in [0.25, 0.3) is 0 Å². The molecule has 0 bridgehead atoms. The summed E-state index contributed by atoms with van der Waals surface area (Å²) in [6.07, 6.45) is 11.1. The van der Waals surface area contributed by atoms with Crippen molar-refractivity contribution in [3.05, 3.63) is 4.91 Å². The first-order chi connectivity index (χ1) is 8.33. The highest BCUT2D eigenvalue weighted by atomic mass is 16.3. The van der Waals surface area contributed by atoms with Crippen LogP contribution in [0.1, 0.15) is 64.2 Å². The maximum Gasteiger partial charge on any atom is 0.164 e. The highest BCUT2D eigenvalue weighted by Gasteiger charge is 2.35. The molecule has 1 unspecified atom stereocenters. The highest BCUT2D eigenvalue weighted by molar-refractivity contribution is 5.86. The number of nitrogens with zero attached hydrogens (tertiary/aromatic N) is 1. The topological polar surface area (TPSA) is 46.5 Å². The normalized spacial score (nSPS) is 25.4. The molecule has 0 spiro atoms. The molecule has 0 N–H and O–H groups in total. The highest BCUT2D eigenvalue weighted by Crippen LogP contribution is 2.33. The third-order valence-corrected chi connectivity index (χ3v) is 4.51. The van der Waals surface area contributed by atoms with E-state index in [1.54, 1.807) is 0 Å². The van der Waals surface area contributed by atoms with Crippen molar-refractivity contribution < 1.29 is 4.79 Å². The Morgan fingerprint density at radius 1 is 0.882 bits per heavy atom. The van der Waals surface area contributed by atoms with Crippen molar-refractivity contribution in [2.24, 2.45) is 17.0 Å². The standard InChI is InChI=1S/C14H23NO2/c16-14(12-9-5-2-6-10-12)13(15-17)11-7-3-1-4-8-11/h11-13H,1-10H2. The van der Waals surface area contributed by atoms with Crippen LogP contribution in [0.4, 0.5) is 0 Å². The van der Waals surface area contributed by atoms with Crippen molar-refractivity contribution in [1.82, 2.24) is 0 Å². The zero-order valence-corrected chi connectivity index (χ0v) is 10.6. The molecule has 17 heavy (non-hydrogen) atoms. The summed E-state index contributed by atoms with van der Waals surface area (Å²) < 4.78 is 0. The van der Waals surface area contributed by atoms with Crippen molar-refractivity contribution in [1.29, 1.82) is 0 Å². The second-order valence-electron chi connectivity index (χ2n) is 5.69. The van der Waals surface area contributed by atoms with Gasteiger partial charge in [0.1, 0.15) is 0 Å². The van der Waals surface area contributed by atoms with Gasteiger partial charge in [0.2, 0.25) is 0 Å². The van der Waals surface area contributed by atoms with Gasteiger partial charge in [-0.1, -0.05) is 43.7 Å². The molecule has 0 amide bonds. The van der Waals surface area contributed by atoms with Gasteiger partial charge in [-0.3, -0.25) is 4.79 Å². The largest absolute Gasteiger partial charge is 0.297 e. The molecule has 1 atom stereocenters. The van der Waals surface area contributed by atoms with E-state index in [2.05, 4.69) is 5.18 Å². The maximum absolute atomic E-state index is 12.3. The summed E-state index contributed by atoms with van der Waals surface area (Å²) in [6.45, 7) is 0. The van der Waals surface area contributed by atoms with Gasteiger partial charge in [0.15, 0.2) is 11.8 Å². The zero-order chi connectivity index (χ0) is 12.1. The van der Waals surface area contributed by atoms with Gasteiger partial charge < -0.3 is 0 Å². The van der Waals surface area contributed by atoms with Gasteiger partial charge in [-0.15, -0.1) is 0 Å². The van der Waals surface area contributed by atoms with Crippen LogP contribution in [0, 0.1) is 16.7 Å². The van der Waals surface area contributed by atoms with E-state index in [4.69, 9.17) is 0 Å². The molecule has 2 saturated carbocycles. The zero-order valence-electron chi connectivity index (χ0n) is 10.6. The van der Waals surface area contributed by atoms with E-state index in [0.29, 0.717) is 0 Å². The maximum atomic E-state index is 12.3. The molecule has 0 aromatic rings. The summed E-state index contributed by atoms with van der Waals surface area (Å²) in [7, 11) is 0. The number of hydrogen-bond donors (Lipinski definition) is 0. The molecule has 0 saturated heterocycles. The van der Waals surface area contributed by atoms with Crippen LogP contribution in [0.5, 0.6) is 0 Å². The Morgan fingerprint density at radius 3 is 1.94 bits per heavy atom. The van der Waals surface area contributed by atoms with Crippen LogP contribution < -0.4 is 0 Å². The Labute approximate surface area is 103 Å². The van der Waals surface area contributed by atoms with E-state index in [-0.39, 0.29) is 17.6 Å². The van der Waals surface area contributed by atoms with Crippen LogP contribution in [0.3, 0.4) is 0 Å². The van der Waals surface area contributed by atoms with Gasteiger partial charge in [-0.2, -0.15) is 4.91 Å². The number of nitroso groups, excluding NO2 is 1. The summed E-state index contributed by atoms with van der Waals surface area (Å²) in [5, 5.41) is 3.19. The van der Waals surface area contributed by atoms with Gasteiger partial charge in [0.05, 0.1) is 0 Å². The smallest absolute Gasteiger partial charge is 0.164 e. The van der Waals surface area contributed by atoms with E-state index >= 15 is 0 Å². The molecule has 0 heterocycles. The molecule has 2 rings (SSSR count). The predicted molar refractivity (Wildman–Crippen MR) is 67.7 cm³/mol. The third kappa shape index (κ3) is 3.14. The molecule has 2 fully saturated rings. The summed E-state index contributed by atoms with van der Waals surface area (Å²) in [4.78, 5) is 23.4. The lowest BCUT2D eigenvalue weighted by molar-refractivity contribution is -0.126. The molecule has 0 radical (unpaired) electrons. The second-order valence-corrected chi connectivity index (χ2v) is 5.69. The molecule has 3 nitrogen and oxygen atoms in total. The van der Waals surface area contributed by atoms with Gasteiger partial charge in [-0.05, 0) is 31.6 Å². The Bertz CT molecular complexity index is 265. The van der Waals surface area contributed by atoms with Crippen LogP contribution in [-0.4, -0.2) is 11.8 Å². The average molecular weight is 237 g/mol. The van der Waals surface area contributed by atoms with Gasteiger partial charge in [0.25, 0.3) is 0 Å². The quantitative estimate of drug-likeness (QED) is 0.697. The molecule has 2 aliphatic carbocycles. The van der Waals surface area contributed by atoms with Gasteiger partial charge in [0, 0.05) is 5.92 Å². The monoisotopic (exact) mass is 237 g/mol. The van der Waals surface area contributed by atoms with Crippen molar-refractivity contribution in [2.75, 3.05) is 0 Å². The fraction of sp³-hybridized carbons (Fsp3) is 0.929. The minimum absolute atomic E-state index is 0.133. The van der Waals surface area contributed by atoms with Gasteiger partial charge in [-0.25, -0.2) is 0 Å². The Kier molecular flexibility index (Phi) is 4.69. The minimum Gasteiger partial charge on any atom is -0.297 e. The van der Waals surface area contributed by atoms with E-state index in [1.807, 2.05) is 0 Å². The van der Waals surface area contributed by atoms with Crippen LogP contribution >= 0.6 is 0 Å². The van der Waals surface area contributed by atoms with Crippen molar-refractivity contribution >= 4 is 5.78 Å². The Balaban J connectivity index is 1.95. The molecule has 2 aliphatic rings. The molecule has 96 valence electrons. The molecule has 0 aliphatic heterocycles. The molecular weight excluding hydrogens is 214 g/mol. The third-order valence-electron chi connectivity index (χ3n) is 4.51. The second kappa shape index (κ2) is 6.27. The lowest BCUT2D eigenvalue weighted by atomic mass is 9.77. The summed E-state index contributed by atoms with van der Waals surface area (Å²) in [5.74, 6) is 0.538. The fourth-order valence-electron chi connectivity index (χ4n) is 3.45. The average Bonchev–Trinajstić information content (AvgIpc) is 2.42. The first-order valence-electron chi connectivity index (χ1n) is 7.19. The van der Waals surface area contributed by atoms with E-state index in [1.165, 1.54) is 12.8 Å². The number of ketones is 1. The number of carbonyl (C=O) groups excluding carboxylic acids is 1. The Morgan fingerprint density at radius 2 is 1.41 bits per heavy atom. The molecular formula is C14H23NO2. The molecule has 0 aromatic heterocycles. The van der Waals surface area contributed by atoms with Crippen LogP contribution in [-0.2, 0) is 4.79 Å². The summed E-state index contributed by atoms with van der Waals surface area (Å²) in [6, 6.07) is -0.529. The van der Waals surface area contributed by atoms with Crippen LogP contribution in [0.2, 0.25) is 0 Å². The Hall–Kier alpha value is -0.730. The van der Waals surface area contributed by atoms with Gasteiger partial charge >= 0.3 is 0 Å². The number of Topliss-reactive ketones (excluding diaryl/α,β-unsaturated/α-hetero) is 1. The lowest BCUT2D eigenvalue weighted by Gasteiger charge is -2.28. The van der Waals surface area contributed by atoms with E-state index in [9.17, 15) is 9.70 Å². The number of hydrogen-bond acceptors (Lipinski definition) is 3.